The third-order valence-electron chi connectivity index (χ3n) is 4.19. The van der Waals surface area contributed by atoms with Gasteiger partial charge >= 0.3 is 6.18 Å². The predicted octanol–water partition coefficient (Wildman–Crippen LogP) is 2.31. The van der Waals surface area contributed by atoms with Gasteiger partial charge in [-0.3, -0.25) is 0 Å². The fourth-order valence-corrected chi connectivity index (χ4v) is 4.43. The summed E-state index contributed by atoms with van der Waals surface area (Å²) in [6.07, 6.45) is -4.12. The van der Waals surface area contributed by atoms with E-state index in [0.29, 0.717) is 13.0 Å². The van der Waals surface area contributed by atoms with Gasteiger partial charge in [0.1, 0.15) is 0 Å². The highest BCUT2D eigenvalue weighted by Gasteiger charge is 2.40. The molecule has 8 heteroatoms. The Morgan fingerprint density at radius 1 is 1.32 bits per heavy atom. The number of sulfonamides is 1. The van der Waals surface area contributed by atoms with Gasteiger partial charge in [-0.15, -0.1) is 0 Å². The van der Waals surface area contributed by atoms with Crippen LogP contribution in [0.5, 0.6) is 0 Å². The highest BCUT2D eigenvalue weighted by atomic mass is 32.2. The molecule has 0 radical (unpaired) electrons. The van der Waals surface area contributed by atoms with Crippen LogP contribution >= 0.6 is 0 Å². The highest BCUT2D eigenvalue weighted by Crippen LogP contribution is 2.36. The number of nitrogens with zero attached hydrogens (tertiary/aromatic N) is 1. The zero-order chi connectivity index (χ0) is 16.5. The van der Waals surface area contributed by atoms with Crippen LogP contribution in [0.4, 0.5) is 13.2 Å². The fourth-order valence-electron chi connectivity index (χ4n) is 2.71. The molecule has 1 heterocycles. The molecule has 1 aromatic rings. The van der Waals surface area contributed by atoms with E-state index in [4.69, 9.17) is 5.73 Å². The van der Waals surface area contributed by atoms with E-state index in [2.05, 4.69) is 0 Å². The minimum atomic E-state index is -4.71. The Balaban J connectivity index is 2.40. The van der Waals surface area contributed by atoms with E-state index >= 15 is 0 Å². The molecule has 1 aliphatic rings. The summed E-state index contributed by atoms with van der Waals surface area (Å²) < 4.78 is 65.5. The molecule has 1 saturated heterocycles. The molecule has 2 atom stereocenters. The summed E-state index contributed by atoms with van der Waals surface area (Å²) in [7, 11) is -4.18. The largest absolute Gasteiger partial charge is 0.417 e. The lowest BCUT2D eigenvalue weighted by Gasteiger charge is -2.36. The molecular formula is C14H19F3N2O2S. The van der Waals surface area contributed by atoms with Crippen molar-refractivity contribution in [3.05, 3.63) is 29.8 Å². The third kappa shape index (κ3) is 3.28. The zero-order valence-corrected chi connectivity index (χ0v) is 13.0. The SMILES string of the molecule is CC1CCN(S(=O)(=O)c2ccccc2C(F)(F)F)CC1CN. The van der Waals surface area contributed by atoms with Crippen LogP contribution in [0.2, 0.25) is 0 Å². The van der Waals surface area contributed by atoms with Crippen molar-refractivity contribution in [1.29, 1.82) is 0 Å². The van der Waals surface area contributed by atoms with Crippen molar-refractivity contribution in [2.24, 2.45) is 17.6 Å². The Morgan fingerprint density at radius 3 is 2.55 bits per heavy atom. The fraction of sp³-hybridized carbons (Fsp3) is 0.571. The summed E-state index contributed by atoms with van der Waals surface area (Å²) in [6.45, 7) is 2.66. The molecule has 0 aliphatic carbocycles. The van der Waals surface area contributed by atoms with Crippen LogP contribution < -0.4 is 5.73 Å². The van der Waals surface area contributed by atoms with Crippen molar-refractivity contribution in [2.45, 2.75) is 24.4 Å². The number of nitrogens with two attached hydrogens (primary N) is 1. The van der Waals surface area contributed by atoms with Crippen molar-refractivity contribution >= 4 is 10.0 Å². The first-order valence-corrected chi connectivity index (χ1v) is 8.48. The van der Waals surface area contributed by atoms with Crippen LogP contribution in [0.1, 0.15) is 18.9 Å². The van der Waals surface area contributed by atoms with Gasteiger partial charge in [0.25, 0.3) is 0 Å². The molecule has 0 amide bonds. The lowest BCUT2D eigenvalue weighted by atomic mass is 9.88. The minimum Gasteiger partial charge on any atom is -0.330 e. The maximum absolute atomic E-state index is 13.0. The number of hydrogen-bond acceptors (Lipinski definition) is 3. The number of piperidine rings is 1. The Bertz CT molecular complexity index is 631. The van der Waals surface area contributed by atoms with E-state index in [1.807, 2.05) is 6.92 Å². The first-order valence-electron chi connectivity index (χ1n) is 7.04. The maximum atomic E-state index is 13.0. The highest BCUT2D eigenvalue weighted by molar-refractivity contribution is 7.89. The summed E-state index contributed by atoms with van der Waals surface area (Å²) in [5.74, 6) is 0.218. The molecule has 0 spiro atoms. The normalized spacial score (nSPS) is 24.4. The van der Waals surface area contributed by atoms with Gasteiger partial charge in [-0.05, 0) is 36.9 Å². The quantitative estimate of drug-likeness (QED) is 0.921. The summed E-state index contributed by atoms with van der Waals surface area (Å²) in [4.78, 5) is -0.687. The predicted molar refractivity (Wildman–Crippen MR) is 76.5 cm³/mol. The molecule has 0 aromatic heterocycles. The van der Waals surface area contributed by atoms with E-state index < -0.39 is 26.7 Å². The average molecular weight is 336 g/mol. The molecule has 124 valence electrons. The molecule has 1 aliphatic heterocycles. The number of rotatable bonds is 3. The van der Waals surface area contributed by atoms with Crippen molar-refractivity contribution < 1.29 is 21.6 Å². The Morgan fingerprint density at radius 2 is 1.95 bits per heavy atom. The van der Waals surface area contributed by atoms with Crippen molar-refractivity contribution in [3.63, 3.8) is 0 Å². The van der Waals surface area contributed by atoms with Gasteiger partial charge in [0.2, 0.25) is 10.0 Å². The second kappa shape index (κ2) is 6.17. The van der Waals surface area contributed by atoms with E-state index in [0.717, 1.165) is 16.4 Å². The molecule has 0 bridgehead atoms. The van der Waals surface area contributed by atoms with Crippen LogP contribution in [0, 0.1) is 11.8 Å². The molecule has 2 N–H and O–H groups in total. The third-order valence-corrected chi connectivity index (χ3v) is 6.11. The van der Waals surface area contributed by atoms with Crippen LogP contribution in [0.25, 0.3) is 0 Å². The van der Waals surface area contributed by atoms with Gasteiger partial charge in [-0.1, -0.05) is 19.1 Å². The monoisotopic (exact) mass is 336 g/mol. The Labute approximate surface area is 128 Å². The summed E-state index contributed by atoms with van der Waals surface area (Å²) in [6, 6.07) is 4.28. The standard InChI is InChI=1S/C14H19F3N2O2S/c1-10-6-7-19(9-11(10)8-18)22(20,21)13-5-3-2-4-12(13)14(15,16)17/h2-5,10-11H,6-9,18H2,1H3. The molecule has 1 aromatic carbocycles. The number of alkyl halides is 3. The van der Waals surface area contributed by atoms with Crippen LogP contribution in [-0.2, 0) is 16.2 Å². The van der Waals surface area contributed by atoms with Gasteiger partial charge in [0, 0.05) is 13.1 Å². The summed E-state index contributed by atoms with van der Waals surface area (Å²) >= 11 is 0. The van der Waals surface area contributed by atoms with Crippen LogP contribution in [0.15, 0.2) is 29.2 Å². The van der Waals surface area contributed by atoms with Gasteiger partial charge in [0.05, 0.1) is 10.5 Å². The molecule has 22 heavy (non-hydrogen) atoms. The molecule has 2 unspecified atom stereocenters. The summed E-state index contributed by atoms with van der Waals surface area (Å²) in [5.41, 5.74) is 4.51. The molecular weight excluding hydrogens is 317 g/mol. The second-order valence-electron chi connectivity index (χ2n) is 5.62. The van der Waals surface area contributed by atoms with Crippen molar-refractivity contribution in [3.8, 4) is 0 Å². The van der Waals surface area contributed by atoms with E-state index in [-0.39, 0.29) is 24.9 Å². The van der Waals surface area contributed by atoms with Crippen LogP contribution in [-0.4, -0.2) is 32.4 Å². The molecule has 0 saturated carbocycles. The topological polar surface area (TPSA) is 63.4 Å². The second-order valence-corrected chi connectivity index (χ2v) is 7.53. The first kappa shape index (κ1) is 17.2. The lowest BCUT2D eigenvalue weighted by Crippen LogP contribution is -2.45. The lowest BCUT2D eigenvalue weighted by molar-refractivity contribution is -0.139. The van der Waals surface area contributed by atoms with E-state index in [1.54, 1.807) is 0 Å². The Kier molecular flexibility index (Phi) is 4.84. The molecule has 4 nitrogen and oxygen atoms in total. The van der Waals surface area contributed by atoms with Crippen molar-refractivity contribution in [1.82, 2.24) is 4.31 Å². The number of hydrogen-bond donors (Lipinski definition) is 1. The maximum Gasteiger partial charge on any atom is 0.417 e. The Hall–Kier alpha value is -1.12. The van der Waals surface area contributed by atoms with Gasteiger partial charge < -0.3 is 5.73 Å². The van der Waals surface area contributed by atoms with E-state index in [1.165, 1.54) is 12.1 Å². The smallest absolute Gasteiger partial charge is 0.330 e. The van der Waals surface area contributed by atoms with E-state index in [9.17, 15) is 21.6 Å². The molecule has 1 fully saturated rings. The molecule has 2 rings (SSSR count). The van der Waals surface area contributed by atoms with Gasteiger partial charge in [0.15, 0.2) is 0 Å². The zero-order valence-electron chi connectivity index (χ0n) is 12.2. The number of benzene rings is 1. The van der Waals surface area contributed by atoms with Gasteiger partial charge in [-0.2, -0.15) is 17.5 Å². The average Bonchev–Trinajstić information content (AvgIpc) is 2.46. The minimum absolute atomic E-state index is 0.0402. The van der Waals surface area contributed by atoms with Gasteiger partial charge in [-0.25, -0.2) is 8.42 Å². The van der Waals surface area contributed by atoms with Crippen molar-refractivity contribution in [2.75, 3.05) is 19.6 Å². The first-order chi connectivity index (χ1) is 10.2. The number of halogens is 3. The van der Waals surface area contributed by atoms with Crippen LogP contribution in [0.3, 0.4) is 0 Å². The summed E-state index contributed by atoms with van der Waals surface area (Å²) in [5, 5.41) is 0.